The van der Waals surface area contributed by atoms with E-state index in [1.165, 1.54) is 0 Å². The van der Waals surface area contributed by atoms with Crippen LogP contribution in [0.1, 0.15) is 295 Å². The fourth-order valence-electron chi connectivity index (χ4n) is 14.6. The van der Waals surface area contributed by atoms with E-state index in [9.17, 15) is 33.6 Å². The Kier molecular flexibility index (Phi) is 51.5. The number of nitrogens with two attached hydrogens (primary N) is 2. The average molecular weight is 1860 g/mol. The largest absolute Gasteiger partial charge is 0.382 e. The third-order valence-corrected chi connectivity index (χ3v) is 24.5. The maximum atomic E-state index is 11.9. The molecular formula is C97H166N14O7S7. The molecule has 0 radical (unpaired) electrons. The lowest BCUT2D eigenvalue weighted by atomic mass is 9.82. The molecule has 7 rings (SSSR count). The van der Waals surface area contributed by atoms with Crippen LogP contribution in [-0.4, -0.2) is 175 Å². The SMILES string of the molecule is CC(C)(C)c1c(NCCCCN)c(=O)c1=S.CCN(C)CCCCNc1c(C(C)(C)C)c(=S)c1=O.CCN(CC)CCCCNc1c(C(C)(C)C)c(=S)c1=O.CN(C)CCCCNc1c(C(C)(C)C)c(=S)c1=O.CN(CCCCN)c1c(C(C)(C)C)c(=S)c1=O.CNCCCCN(C)c1c(C(C)(C)C)c(=S)c1=O.CNCCCCNc1c(C(C)(C)C)c(=S)c1=O. The van der Waals surface area contributed by atoms with Gasteiger partial charge in [-0.15, -0.1) is 0 Å². The Hall–Kier alpha value is -5.18. The Bertz CT molecular complexity index is 4950. The average Bonchev–Trinajstić information content (AvgIpc) is 0.938. The summed E-state index contributed by atoms with van der Waals surface area (Å²) in [6, 6.07) is 0. The Labute approximate surface area is 789 Å². The lowest BCUT2D eigenvalue weighted by Crippen LogP contribution is -2.35. The van der Waals surface area contributed by atoms with Crippen molar-refractivity contribution in [1.29, 1.82) is 0 Å². The first kappa shape index (κ1) is 118. The molecule has 0 spiro atoms. The molecule has 708 valence electrons. The van der Waals surface area contributed by atoms with Gasteiger partial charge in [0.05, 0.1) is 71.4 Å². The van der Waals surface area contributed by atoms with Gasteiger partial charge in [0.25, 0.3) is 0 Å². The normalized spacial score (nSPS) is 12.2. The second-order valence-electron chi connectivity index (χ2n) is 40.5. The molecule has 0 aliphatic rings. The van der Waals surface area contributed by atoms with Crippen LogP contribution in [0, 0.1) is 31.6 Å². The van der Waals surface area contributed by atoms with Crippen molar-refractivity contribution in [1.82, 2.24) is 25.3 Å². The van der Waals surface area contributed by atoms with Gasteiger partial charge in [0.2, 0.25) is 38.0 Å². The van der Waals surface area contributed by atoms with E-state index in [1.54, 1.807) is 0 Å². The van der Waals surface area contributed by atoms with Crippen molar-refractivity contribution in [3.8, 4) is 0 Å². The minimum absolute atomic E-state index is 0.00678. The van der Waals surface area contributed by atoms with Gasteiger partial charge in [0.1, 0.15) is 0 Å². The number of hydrogen-bond acceptors (Lipinski definition) is 28. The van der Waals surface area contributed by atoms with Crippen molar-refractivity contribution in [2.75, 3.05) is 197 Å². The van der Waals surface area contributed by atoms with E-state index in [2.05, 4.69) is 244 Å². The van der Waals surface area contributed by atoms with Crippen LogP contribution in [0.2, 0.25) is 0 Å². The molecule has 0 aromatic heterocycles. The fraction of sp³-hybridized carbons (Fsp3) is 0.711. The van der Waals surface area contributed by atoms with Gasteiger partial charge in [-0.2, -0.15) is 0 Å². The highest BCUT2D eigenvalue weighted by molar-refractivity contribution is 7.72. The lowest BCUT2D eigenvalue weighted by molar-refractivity contribution is 0.298. The van der Waals surface area contributed by atoms with Crippen LogP contribution in [0.25, 0.3) is 0 Å². The predicted molar refractivity (Wildman–Crippen MR) is 561 cm³/mol. The van der Waals surface area contributed by atoms with E-state index in [-0.39, 0.29) is 75.9 Å². The van der Waals surface area contributed by atoms with E-state index in [1.807, 2.05) is 33.1 Å². The molecule has 0 saturated heterocycles. The second kappa shape index (κ2) is 54.6. The number of rotatable bonds is 43. The number of unbranched alkanes of at least 4 members (excludes halogenated alkanes) is 7. The van der Waals surface area contributed by atoms with E-state index in [4.69, 9.17) is 97.0 Å². The van der Waals surface area contributed by atoms with Gasteiger partial charge in [-0.25, -0.2) is 0 Å². The molecule has 0 heterocycles. The van der Waals surface area contributed by atoms with Gasteiger partial charge in [-0.1, -0.05) is 252 Å². The molecule has 21 nitrogen and oxygen atoms in total. The summed E-state index contributed by atoms with van der Waals surface area (Å²) < 4.78 is 3.59. The Morgan fingerprint density at radius 1 is 0.264 bits per heavy atom. The first-order valence-corrected chi connectivity index (χ1v) is 48.3. The molecule has 0 amide bonds. The molecular weight excluding hydrogens is 1700 g/mol. The van der Waals surface area contributed by atoms with Crippen molar-refractivity contribution in [2.24, 2.45) is 11.5 Å². The van der Waals surface area contributed by atoms with Gasteiger partial charge >= 0.3 is 0 Å². The molecule has 0 aliphatic heterocycles. The first-order chi connectivity index (χ1) is 57.7. The van der Waals surface area contributed by atoms with Crippen LogP contribution in [0.4, 0.5) is 39.8 Å². The molecule has 0 fully saturated rings. The zero-order valence-electron chi connectivity index (χ0n) is 83.0. The third-order valence-electron chi connectivity index (χ3n) is 21.8. The van der Waals surface area contributed by atoms with Crippen molar-refractivity contribution in [3.63, 3.8) is 0 Å². The van der Waals surface area contributed by atoms with Crippen LogP contribution in [-0.2, 0) is 37.9 Å². The fourth-order valence-corrected chi connectivity index (χ4v) is 18.2. The summed E-state index contributed by atoms with van der Waals surface area (Å²) in [5.41, 5.74) is 23.2. The van der Waals surface area contributed by atoms with Crippen LogP contribution < -0.4 is 96.5 Å². The van der Waals surface area contributed by atoms with E-state index < -0.39 is 0 Å². The summed E-state index contributed by atoms with van der Waals surface area (Å²) in [5.74, 6) is 0. The first-order valence-electron chi connectivity index (χ1n) is 45.5. The molecule has 28 heteroatoms. The molecule has 0 atom stereocenters. The lowest BCUT2D eigenvalue weighted by Gasteiger charge is -2.30. The van der Waals surface area contributed by atoms with Gasteiger partial charge in [0, 0.05) is 98.9 Å². The van der Waals surface area contributed by atoms with Crippen molar-refractivity contribution in [2.45, 2.75) is 294 Å². The summed E-state index contributed by atoms with van der Waals surface area (Å²) in [6.45, 7) is 66.5. The van der Waals surface area contributed by atoms with E-state index in [0.29, 0.717) is 44.7 Å². The quantitative estimate of drug-likeness (QED) is 0.0127. The van der Waals surface area contributed by atoms with E-state index >= 15 is 0 Å². The maximum absolute atomic E-state index is 11.9. The Morgan fingerprint density at radius 3 is 0.712 bits per heavy atom. The van der Waals surface area contributed by atoms with Crippen LogP contribution in [0.3, 0.4) is 0 Å². The van der Waals surface area contributed by atoms with Gasteiger partial charge in [-0.05, 0) is 228 Å². The molecule has 7 aromatic rings. The van der Waals surface area contributed by atoms with Crippen molar-refractivity contribution in [3.05, 3.63) is 142 Å². The summed E-state index contributed by atoms with van der Waals surface area (Å²) in [6.07, 6.45) is 15.0. The molecule has 0 aliphatic carbocycles. The topological polar surface area (TPSA) is 272 Å². The van der Waals surface area contributed by atoms with Gasteiger partial charge < -0.3 is 73.2 Å². The summed E-state index contributed by atoms with van der Waals surface area (Å²) in [4.78, 5) is 93.3. The summed E-state index contributed by atoms with van der Waals surface area (Å²) in [5, 5.41) is 22.5. The van der Waals surface area contributed by atoms with Crippen molar-refractivity contribution >= 4 is 125 Å². The minimum atomic E-state index is -0.0544. The molecule has 7 aromatic carbocycles. The predicted octanol–water partition coefficient (Wildman–Crippen LogP) is 18.3. The molecule has 11 N–H and O–H groups in total. The zero-order chi connectivity index (χ0) is 96.4. The monoisotopic (exact) mass is 1860 g/mol. The number of anilines is 7. The second-order valence-corrected chi connectivity index (χ2v) is 43.3. The molecule has 0 bridgehead atoms. The molecule has 0 saturated carbocycles. The highest BCUT2D eigenvalue weighted by atomic mass is 32.1. The maximum Gasteiger partial charge on any atom is 0.220 e. The van der Waals surface area contributed by atoms with Crippen LogP contribution in [0.15, 0.2) is 33.6 Å². The highest BCUT2D eigenvalue weighted by Crippen LogP contribution is 2.38. The Balaban J connectivity index is 0.000000730. The standard InChI is InChI=1S/C16H28N2OS.C15H26N2OS.2C14H24N2OS.2C13H22N2OS.C12H20N2OS/c1-6-18(7-2)11-9-8-10-17-13-12(16(3,4)5)15(20)14(13)19;1-6-17(5)10-8-7-9-16-12-11(15(2,3)4)14(19)13(12)18;1-14(2,3)10-11(12(17)13(10)18)15-8-6-7-9-16(4)5;1-14(2,3)10-11(12(17)13(10)18)16(5)9-7-6-8-15-4;1-13(2,3)9-10(11(16)12(9)17)15(4)8-6-5-7-14;1-13(2,3)9-10(11(16)12(9)17)15-8-6-5-7-14-4;1-12(2,3)8-9(10(15)11(8)16)14-7-5-4-6-13/h17H,6-11H2,1-5H3;16H,6-10H2,1-5H3;2*15H,6-9H2,1-5H3;5-8,14H2,1-4H3;14-15H,5-8H2,1-4H3;14H,4-7,13H2,1-3H3. The van der Waals surface area contributed by atoms with Crippen LogP contribution in [0.5, 0.6) is 0 Å². The van der Waals surface area contributed by atoms with Crippen molar-refractivity contribution < 1.29 is 0 Å². The number of hydrogen-bond donors (Lipinski definition) is 9. The van der Waals surface area contributed by atoms with Gasteiger partial charge in [-0.3, -0.25) is 33.6 Å². The third kappa shape index (κ3) is 36.5. The summed E-state index contributed by atoms with van der Waals surface area (Å²) >= 11 is 36.0. The number of nitrogens with zero attached hydrogens (tertiary/aromatic N) is 5. The molecule has 125 heavy (non-hydrogen) atoms. The zero-order valence-corrected chi connectivity index (χ0v) is 88.7. The smallest absolute Gasteiger partial charge is 0.220 e. The van der Waals surface area contributed by atoms with E-state index in [0.717, 1.165) is 267 Å². The minimum Gasteiger partial charge on any atom is -0.382 e. The van der Waals surface area contributed by atoms with Crippen LogP contribution >= 0.6 is 85.5 Å². The molecule has 0 unspecified atom stereocenters. The highest BCUT2D eigenvalue weighted by Gasteiger charge is 2.35. The van der Waals surface area contributed by atoms with Gasteiger partial charge in [0.15, 0.2) is 0 Å². The Morgan fingerprint density at radius 2 is 0.472 bits per heavy atom. The summed E-state index contributed by atoms with van der Waals surface area (Å²) in [7, 11) is 14.1. The number of nitrogens with one attached hydrogen (secondary N) is 7.